The first-order valence-electron chi connectivity index (χ1n) is 6.07. The number of hydrogen-bond donors (Lipinski definition) is 1. The predicted molar refractivity (Wildman–Crippen MR) is 72.4 cm³/mol. The Kier molecular flexibility index (Phi) is 3.02. The maximum atomic E-state index is 12.4. The van der Waals surface area contributed by atoms with Crippen molar-refractivity contribution in [3.05, 3.63) is 39.9 Å². The van der Waals surface area contributed by atoms with Crippen molar-refractivity contribution < 1.29 is 9.59 Å². The largest absolute Gasteiger partial charge is 0.295 e. The average molecular weight is 292 g/mol. The lowest BCUT2D eigenvalue weighted by Crippen LogP contribution is -2.44. The number of carbonyl (C=O) groups excluding carboxylic acids is 2. The van der Waals surface area contributed by atoms with Crippen LogP contribution in [-0.4, -0.2) is 21.4 Å². The Hall–Kier alpha value is -2.21. The Labute approximate surface area is 118 Å². The summed E-state index contributed by atoms with van der Waals surface area (Å²) in [6.45, 7) is 0. The summed E-state index contributed by atoms with van der Waals surface area (Å²) in [5.41, 5.74) is 0.0983. The molecule has 1 N–H and O–H groups in total. The standard InChI is InChI=1S/C13H10ClN3O3/c14-7-2-1-3-8-11(7)13(20)17(6-15-8)9-4-5-10(18)16-12(9)19/h1-3,6,9H,4-5H2,(H,16,18,19)/t9-/m1/s1. The lowest BCUT2D eigenvalue weighted by molar-refractivity contribution is -0.135. The lowest BCUT2D eigenvalue weighted by Gasteiger charge is -2.22. The van der Waals surface area contributed by atoms with Crippen LogP contribution in [0.2, 0.25) is 5.02 Å². The van der Waals surface area contributed by atoms with E-state index in [1.165, 1.54) is 10.9 Å². The molecule has 1 aromatic heterocycles. The monoisotopic (exact) mass is 291 g/mol. The number of piperidine rings is 1. The summed E-state index contributed by atoms with van der Waals surface area (Å²) in [5.74, 6) is -0.817. The van der Waals surface area contributed by atoms with E-state index >= 15 is 0 Å². The van der Waals surface area contributed by atoms with E-state index in [4.69, 9.17) is 11.6 Å². The van der Waals surface area contributed by atoms with Crippen LogP contribution in [0.25, 0.3) is 10.9 Å². The van der Waals surface area contributed by atoms with Gasteiger partial charge in [0.05, 0.1) is 22.3 Å². The van der Waals surface area contributed by atoms with Crippen LogP contribution in [0.4, 0.5) is 0 Å². The molecule has 102 valence electrons. The fourth-order valence-electron chi connectivity index (χ4n) is 2.31. The van der Waals surface area contributed by atoms with Gasteiger partial charge < -0.3 is 0 Å². The van der Waals surface area contributed by atoms with Crippen molar-refractivity contribution in [2.45, 2.75) is 18.9 Å². The zero-order valence-corrected chi connectivity index (χ0v) is 11.1. The van der Waals surface area contributed by atoms with Gasteiger partial charge in [0.1, 0.15) is 6.04 Å². The van der Waals surface area contributed by atoms with Gasteiger partial charge in [-0.25, -0.2) is 4.98 Å². The van der Waals surface area contributed by atoms with Crippen molar-refractivity contribution in [2.75, 3.05) is 0 Å². The minimum absolute atomic E-state index is 0.198. The molecule has 0 radical (unpaired) electrons. The van der Waals surface area contributed by atoms with Crippen molar-refractivity contribution in [3.8, 4) is 0 Å². The van der Waals surface area contributed by atoms with E-state index < -0.39 is 11.9 Å². The summed E-state index contributed by atoms with van der Waals surface area (Å²) in [7, 11) is 0. The Morgan fingerprint density at radius 2 is 2.10 bits per heavy atom. The molecule has 2 aromatic rings. The summed E-state index contributed by atoms with van der Waals surface area (Å²) >= 11 is 6.02. The van der Waals surface area contributed by atoms with Crippen LogP contribution in [0.5, 0.6) is 0 Å². The number of benzene rings is 1. The minimum atomic E-state index is -0.728. The first-order valence-corrected chi connectivity index (χ1v) is 6.45. The second-order valence-corrected chi connectivity index (χ2v) is 4.97. The molecule has 3 rings (SSSR count). The Morgan fingerprint density at radius 3 is 2.85 bits per heavy atom. The molecule has 2 amide bonds. The van der Waals surface area contributed by atoms with Gasteiger partial charge in [0.15, 0.2) is 0 Å². The number of rotatable bonds is 1. The normalized spacial score (nSPS) is 19.1. The smallest absolute Gasteiger partial charge is 0.263 e. The molecule has 7 heteroatoms. The molecule has 0 saturated carbocycles. The highest BCUT2D eigenvalue weighted by atomic mass is 35.5. The van der Waals surface area contributed by atoms with Crippen LogP contribution in [-0.2, 0) is 9.59 Å². The topological polar surface area (TPSA) is 81.1 Å². The highest BCUT2D eigenvalue weighted by Crippen LogP contribution is 2.21. The van der Waals surface area contributed by atoms with Crippen LogP contribution < -0.4 is 10.9 Å². The van der Waals surface area contributed by atoms with E-state index in [9.17, 15) is 14.4 Å². The molecule has 2 heterocycles. The number of nitrogens with one attached hydrogen (secondary N) is 1. The lowest BCUT2D eigenvalue weighted by atomic mass is 10.1. The molecule has 0 unspecified atom stereocenters. The van der Waals surface area contributed by atoms with Crippen molar-refractivity contribution in [3.63, 3.8) is 0 Å². The average Bonchev–Trinajstić information content (AvgIpc) is 2.40. The van der Waals surface area contributed by atoms with Gasteiger partial charge in [-0.3, -0.25) is 24.3 Å². The van der Waals surface area contributed by atoms with E-state index in [1.807, 2.05) is 0 Å². The van der Waals surface area contributed by atoms with E-state index in [0.717, 1.165) is 0 Å². The van der Waals surface area contributed by atoms with Crippen LogP contribution >= 0.6 is 11.6 Å². The van der Waals surface area contributed by atoms with Gasteiger partial charge in [0.2, 0.25) is 11.8 Å². The maximum absolute atomic E-state index is 12.4. The van der Waals surface area contributed by atoms with E-state index in [-0.39, 0.29) is 29.7 Å². The van der Waals surface area contributed by atoms with Crippen molar-refractivity contribution >= 4 is 34.3 Å². The van der Waals surface area contributed by atoms with Gasteiger partial charge in [-0.15, -0.1) is 0 Å². The number of imide groups is 1. The zero-order valence-electron chi connectivity index (χ0n) is 10.3. The van der Waals surface area contributed by atoms with Crippen LogP contribution in [0.15, 0.2) is 29.3 Å². The van der Waals surface area contributed by atoms with Crippen LogP contribution in [0.3, 0.4) is 0 Å². The molecular formula is C13H10ClN3O3. The molecule has 20 heavy (non-hydrogen) atoms. The van der Waals surface area contributed by atoms with E-state index in [0.29, 0.717) is 10.5 Å². The fraction of sp³-hybridized carbons (Fsp3) is 0.231. The number of halogens is 1. The molecule has 1 aliphatic heterocycles. The van der Waals surface area contributed by atoms with Crippen LogP contribution in [0, 0.1) is 0 Å². The predicted octanol–water partition coefficient (Wildman–Crippen LogP) is 1.03. The Balaban J connectivity index is 2.16. The summed E-state index contributed by atoms with van der Waals surface area (Å²) in [6, 6.07) is 4.25. The van der Waals surface area contributed by atoms with Gasteiger partial charge >= 0.3 is 0 Å². The first-order chi connectivity index (χ1) is 9.58. The third kappa shape index (κ3) is 1.98. The number of carbonyl (C=O) groups is 2. The molecule has 1 atom stereocenters. The molecular weight excluding hydrogens is 282 g/mol. The molecule has 1 fully saturated rings. The molecule has 1 saturated heterocycles. The Morgan fingerprint density at radius 1 is 1.30 bits per heavy atom. The molecule has 0 aliphatic carbocycles. The molecule has 6 nitrogen and oxygen atoms in total. The summed E-state index contributed by atoms with van der Waals surface area (Å²) in [5, 5.41) is 2.79. The SMILES string of the molecule is O=C1CC[C@@H](n2cnc3cccc(Cl)c3c2=O)C(=O)N1. The van der Waals surface area contributed by atoms with Crippen molar-refractivity contribution in [1.82, 2.24) is 14.9 Å². The summed E-state index contributed by atoms with van der Waals surface area (Å²) in [6.07, 6.45) is 1.80. The van der Waals surface area contributed by atoms with Gasteiger partial charge in [-0.1, -0.05) is 17.7 Å². The highest BCUT2D eigenvalue weighted by Gasteiger charge is 2.29. The minimum Gasteiger partial charge on any atom is -0.295 e. The first kappa shape index (κ1) is 12.8. The number of nitrogens with zero attached hydrogens (tertiary/aromatic N) is 2. The number of fused-ring (bicyclic) bond motifs is 1. The third-order valence-electron chi connectivity index (χ3n) is 3.31. The fourth-order valence-corrected chi connectivity index (χ4v) is 2.56. The number of aromatic nitrogens is 2. The third-order valence-corrected chi connectivity index (χ3v) is 3.62. The summed E-state index contributed by atoms with van der Waals surface area (Å²) in [4.78, 5) is 39.6. The number of amides is 2. The second-order valence-electron chi connectivity index (χ2n) is 4.56. The number of hydrogen-bond acceptors (Lipinski definition) is 4. The van der Waals surface area contributed by atoms with Crippen LogP contribution in [0.1, 0.15) is 18.9 Å². The molecule has 0 bridgehead atoms. The molecule has 1 aliphatic rings. The van der Waals surface area contributed by atoms with Gasteiger partial charge in [0.25, 0.3) is 5.56 Å². The summed E-state index contributed by atoms with van der Waals surface area (Å²) < 4.78 is 1.23. The highest BCUT2D eigenvalue weighted by molar-refractivity contribution is 6.35. The molecule has 0 spiro atoms. The van der Waals surface area contributed by atoms with Gasteiger partial charge in [-0.05, 0) is 18.6 Å². The zero-order chi connectivity index (χ0) is 14.3. The maximum Gasteiger partial charge on any atom is 0.263 e. The van der Waals surface area contributed by atoms with Crippen molar-refractivity contribution in [1.29, 1.82) is 0 Å². The van der Waals surface area contributed by atoms with Crippen molar-refractivity contribution in [2.24, 2.45) is 0 Å². The Bertz CT molecular complexity index is 784. The van der Waals surface area contributed by atoms with Gasteiger partial charge in [0, 0.05) is 6.42 Å². The quantitative estimate of drug-likeness (QED) is 0.796. The second kappa shape index (κ2) is 4.72. The van der Waals surface area contributed by atoms with Gasteiger partial charge in [-0.2, -0.15) is 0 Å². The van der Waals surface area contributed by atoms with E-state index in [2.05, 4.69) is 10.3 Å². The molecule has 1 aromatic carbocycles. The van der Waals surface area contributed by atoms with E-state index in [1.54, 1.807) is 18.2 Å².